The fraction of sp³-hybridized carbons (Fsp3) is 0.250. The molecule has 0 amide bonds. The molecular formula is C16H19ClN2O6S3. The van der Waals surface area contributed by atoms with Gasteiger partial charge in [-0.2, -0.15) is 0 Å². The molecule has 2 aromatic carbocycles. The maximum Gasteiger partial charge on any atom is 0.241 e. The summed E-state index contributed by atoms with van der Waals surface area (Å²) in [7, 11) is -10.5. The van der Waals surface area contributed by atoms with E-state index >= 15 is 0 Å². The van der Waals surface area contributed by atoms with Gasteiger partial charge in [-0.1, -0.05) is 23.7 Å². The van der Waals surface area contributed by atoms with Crippen LogP contribution in [0.25, 0.3) is 0 Å². The molecule has 1 atom stereocenters. The van der Waals surface area contributed by atoms with Gasteiger partial charge in [0.2, 0.25) is 29.9 Å². The molecule has 0 bridgehead atoms. The van der Waals surface area contributed by atoms with Gasteiger partial charge in [0, 0.05) is 11.1 Å². The maximum absolute atomic E-state index is 13.0. The Morgan fingerprint density at radius 1 is 0.893 bits per heavy atom. The highest BCUT2D eigenvalue weighted by Gasteiger charge is 2.27. The van der Waals surface area contributed by atoms with Crippen LogP contribution in [0.4, 0.5) is 0 Å². The minimum absolute atomic E-state index is 0.0730. The van der Waals surface area contributed by atoms with Crippen molar-refractivity contribution < 1.29 is 25.3 Å². The van der Waals surface area contributed by atoms with Gasteiger partial charge >= 0.3 is 0 Å². The van der Waals surface area contributed by atoms with E-state index in [0.29, 0.717) is 5.56 Å². The molecule has 0 aromatic heterocycles. The van der Waals surface area contributed by atoms with Gasteiger partial charge in [0.1, 0.15) is 4.90 Å². The predicted octanol–water partition coefficient (Wildman–Crippen LogP) is 1.69. The van der Waals surface area contributed by atoms with Crippen LogP contribution in [-0.2, 0) is 29.9 Å². The van der Waals surface area contributed by atoms with Crippen LogP contribution in [0.1, 0.15) is 18.5 Å². The first kappa shape index (κ1) is 22.8. The van der Waals surface area contributed by atoms with Gasteiger partial charge in [0.15, 0.2) is 0 Å². The second-order valence-corrected chi connectivity index (χ2v) is 12.0. The lowest BCUT2D eigenvalue weighted by atomic mass is 10.1. The van der Waals surface area contributed by atoms with Crippen molar-refractivity contribution in [1.29, 1.82) is 0 Å². The molecule has 12 heteroatoms. The lowest BCUT2D eigenvalue weighted by Crippen LogP contribution is -2.25. The average molecular weight is 467 g/mol. The lowest BCUT2D eigenvalue weighted by molar-refractivity contribution is 0.572. The Morgan fingerprint density at radius 2 is 1.46 bits per heavy atom. The molecule has 0 fully saturated rings. The monoisotopic (exact) mass is 466 g/mol. The third-order valence-electron chi connectivity index (χ3n) is 3.83. The molecule has 0 aliphatic heterocycles. The molecule has 2 aromatic rings. The molecule has 0 saturated carbocycles. The highest BCUT2D eigenvalue weighted by atomic mass is 35.5. The average Bonchev–Trinajstić information content (AvgIpc) is 2.60. The van der Waals surface area contributed by atoms with E-state index in [9.17, 15) is 25.3 Å². The van der Waals surface area contributed by atoms with Gasteiger partial charge in [-0.05, 0) is 49.9 Å². The SMILES string of the molecule is CNS(=O)(=O)c1cc(Cl)ccc1S(=O)(=O)c1ccc([C@H](C)NS(C)(=O)=O)cc1. The number of sulfonamides is 2. The zero-order chi connectivity index (χ0) is 21.3. The number of sulfone groups is 1. The molecule has 0 aliphatic carbocycles. The van der Waals surface area contributed by atoms with Gasteiger partial charge < -0.3 is 0 Å². The molecule has 0 unspecified atom stereocenters. The predicted molar refractivity (Wildman–Crippen MR) is 106 cm³/mol. The van der Waals surface area contributed by atoms with Crippen molar-refractivity contribution in [2.75, 3.05) is 13.3 Å². The van der Waals surface area contributed by atoms with Crippen molar-refractivity contribution in [1.82, 2.24) is 9.44 Å². The summed E-state index contributed by atoms with van der Waals surface area (Å²) in [5.41, 5.74) is 0.545. The van der Waals surface area contributed by atoms with Crippen LogP contribution in [0.15, 0.2) is 57.2 Å². The van der Waals surface area contributed by atoms with Crippen LogP contribution < -0.4 is 9.44 Å². The Bertz CT molecular complexity index is 1190. The smallest absolute Gasteiger partial charge is 0.218 e. The number of hydrogen-bond acceptors (Lipinski definition) is 6. The Hall–Kier alpha value is -1.50. The van der Waals surface area contributed by atoms with E-state index in [-0.39, 0.29) is 9.92 Å². The summed E-state index contributed by atoms with van der Waals surface area (Å²) in [5, 5.41) is 0.0730. The zero-order valence-corrected chi connectivity index (χ0v) is 18.4. The highest BCUT2D eigenvalue weighted by molar-refractivity contribution is 7.93. The summed E-state index contributed by atoms with van der Waals surface area (Å²) in [4.78, 5) is -1.02. The second kappa shape index (κ2) is 8.09. The molecule has 0 heterocycles. The number of rotatable bonds is 7. The summed E-state index contributed by atoms with van der Waals surface area (Å²) in [6, 6.07) is 8.40. The van der Waals surface area contributed by atoms with Crippen LogP contribution >= 0.6 is 11.6 Å². The van der Waals surface area contributed by atoms with Gasteiger partial charge in [0.25, 0.3) is 0 Å². The minimum atomic E-state index is -4.17. The number of nitrogens with one attached hydrogen (secondary N) is 2. The first-order chi connectivity index (χ1) is 12.8. The first-order valence-electron chi connectivity index (χ1n) is 7.83. The quantitative estimate of drug-likeness (QED) is 0.639. The Kier molecular flexibility index (Phi) is 6.58. The summed E-state index contributed by atoms with van der Waals surface area (Å²) in [6.07, 6.45) is 1.02. The van der Waals surface area contributed by atoms with Gasteiger partial charge in [-0.25, -0.2) is 34.7 Å². The third-order valence-corrected chi connectivity index (χ3v) is 8.26. The normalized spacial score (nSPS) is 14.0. The van der Waals surface area contributed by atoms with E-state index < -0.39 is 45.7 Å². The van der Waals surface area contributed by atoms with E-state index in [2.05, 4.69) is 9.44 Å². The number of benzene rings is 2. The molecule has 0 spiro atoms. The fourth-order valence-corrected chi connectivity index (χ4v) is 6.30. The van der Waals surface area contributed by atoms with Crippen molar-refractivity contribution in [3.8, 4) is 0 Å². The summed E-state index contributed by atoms with van der Waals surface area (Å²) < 4.78 is 77.6. The summed E-state index contributed by atoms with van der Waals surface area (Å²) in [5.74, 6) is 0. The van der Waals surface area contributed by atoms with Gasteiger partial charge in [-0.15, -0.1) is 0 Å². The van der Waals surface area contributed by atoms with E-state index in [0.717, 1.165) is 25.4 Å². The molecule has 8 nitrogen and oxygen atoms in total. The van der Waals surface area contributed by atoms with Crippen molar-refractivity contribution in [2.24, 2.45) is 0 Å². The highest BCUT2D eigenvalue weighted by Crippen LogP contribution is 2.30. The van der Waals surface area contributed by atoms with Crippen LogP contribution in [0.2, 0.25) is 5.02 Å². The number of halogens is 1. The molecule has 154 valence electrons. The summed E-state index contributed by atoms with van der Waals surface area (Å²) in [6.45, 7) is 1.61. The van der Waals surface area contributed by atoms with Gasteiger partial charge in [-0.3, -0.25) is 0 Å². The van der Waals surface area contributed by atoms with Crippen LogP contribution in [-0.4, -0.2) is 38.6 Å². The lowest BCUT2D eigenvalue weighted by Gasteiger charge is -2.14. The standard InChI is InChI=1S/C16H19ClN2O6S3/c1-11(19-26(3,20)21)12-4-7-14(8-5-12)27(22,23)15-9-6-13(17)10-16(15)28(24,25)18-2/h4-11,18-19H,1-3H3/t11-/m0/s1. The minimum Gasteiger partial charge on any atom is -0.218 e. The Balaban J connectivity index is 2.52. The molecule has 2 rings (SSSR count). The topological polar surface area (TPSA) is 126 Å². The number of hydrogen-bond donors (Lipinski definition) is 2. The Morgan fingerprint density at radius 3 is 1.96 bits per heavy atom. The second-order valence-electron chi connectivity index (χ2n) is 5.98. The third kappa shape index (κ3) is 5.10. The van der Waals surface area contributed by atoms with Crippen molar-refractivity contribution in [2.45, 2.75) is 27.7 Å². The maximum atomic E-state index is 13.0. The molecule has 0 aliphatic rings. The van der Waals surface area contributed by atoms with E-state index in [4.69, 9.17) is 11.6 Å². The summed E-state index contributed by atoms with van der Waals surface area (Å²) >= 11 is 5.84. The van der Waals surface area contributed by atoms with Crippen molar-refractivity contribution in [3.05, 3.63) is 53.1 Å². The van der Waals surface area contributed by atoms with Gasteiger partial charge in [0.05, 0.1) is 16.0 Å². The Labute approximate surface area is 169 Å². The van der Waals surface area contributed by atoms with Crippen molar-refractivity contribution in [3.63, 3.8) is 0 Å². The molecule has 2 N–H and O–H groups in total. The zero-order valence-electron chi connectivity index (χ0n) is 15.2. The molecule has 0 radical (unpaired) electrons. The molecule has 0 saturated heterocycles. The van der Waals surface area contributed by atoms with E-state index in [1.807, 2.05) is 0 Å². The fourth-order valence-electron chi connectivity index (χ4n) is 2.48. The first-order valence-corrected chi connectivity index (χ1v) is 13.1. The molecule has 28 heavy (non-hydrogen) atoms. The van der Waals surface area contributed by atoms with Crippen molar-refractivity contribution >= 4 is 41.5 Å². The van der Waals surface area contributed by atoms with E-state index in [1.54, 1.807) is 6.92 Å². The van der Waals surface area contributed by atoms with Crippen LogP contribution in [0, 0.1) is 0 Å². The van der Waals surface area contributed by atoms with Crippen LogP contribution in [0.5, 0.6) is 0 Å². The largest absolute Gasteiger partial charge is 0.241 e. The molecular weight excluding hydrogens is 448 g/mol. The van der Waals surface area contributed by atoms with Crippen LogP contribution in [0.3, 0.4) is 0 Å². The van der Waals surface area contributed by atoms with E-state index in [1.165, 1.54) is 30.3 Å².